The summed E-state index contributed by atoms with van der Waals surface area (Å²) in [6.07, 6.45) is 0.494. The molecule has 0 spiro atoms. The van der Waals surface area contributed by atoms with E-state index in [0.29, 0.717) is 23.7 Å². The number of amides is 2. The highest BCUT2D eigenvalue weighted by molar-refractivity contribution is 9.10. The maximum atomic E-state index is 13.2. The van der Waals surface area contributed by atoms with Crippen LogP contribution in [0.4, 0.5) is 0 Å². The van der Waals surface area contributed by atoms with Gasteiger partial charge >= 0.3 is 0 Å². The van der Waals surface area contributed by atoms with E-state index in [4.69, 9.17) is 16.3 Å². The zero-order valence-corrected chi connectivity index (χ0v) is 21.0. The Balaban J connectivity index is 2.23. The number of nitrogens with one attached hydrogen (secondary N) is 1. The third-order valence-corrected chi connectivity index (χ3v) is 6.36. The van der Waals surface area contributed by atoms with Crippen molar-refractivity contribution < 1.29 is 14.3 Å². The fourth-order valence-corrected chi connectivity index (χ4v) is 3.66. The van der Waals surface area contributed by atoms with Crippen LogP contribution in [0.3, 0.4) is 0 Å². The zero-order chi connectivity index (χ0) is 23.1. The Labute approximate surface area is 198 Å². The number of carbonyl (C=O) groups excluding carboxylic acids is 2. The van der Waals surface area contributed by atoms with Gasteiger partial charge in [0, 0.05) is 22.1 Å². The highest BCUT2D eigenvalue weighted by atomic mass is 79.9. The van der Waals surface area contributed by atoms with Crippen LogP contribution < -0.4 is 10.1 Å². The number of carbonyl (C=O) groups is 2. The molecule has 0 aromatic heterocycles. The van der Waals surface area contributed by atoms with Crippen LogP contribution >= 0.6 is 27.5 Å². The van der Waals surface area contributed by atoms with E-state index >= 15 is 0 Å². The Kier molecular flexibility index (Phi) is 9.38. The first-order valence-electron chi connectivity index (χ1n) is 10.4. The van der Waals surface area contributed by atoms with Crippen LogP contribution in [0, 0.1) is 13.8 Å². The first-order chi connectivity index (χ1) is 14.6. The normalized spacial score (nSPS) is 11.9. The lowest BCUT2D eigenvalue weighted by Crippen LogP contribution is -2.51. The molecule has 1 atom stereocenters. The summed E-state index contributed by atoms with van der Waals surface area (Å²) in [6.45, 7) is 9.79. The van der Waals surface area contributed by atoms with Gasteiger partial charge in [0.2, 0.25) is 5.91 Å². The van der Waals surface area contributed by atoms with E-state index in [9.17, 15) is 9.59 Å². The number of hydrogen-bond acceptors (Lipinski definition) is 3. The fourth-order valence-electron chi connectivity index (χ4n) is 3.30. The molecule has 2 aromatic rings. The standard InChI is InChI=1S/C24H30BrClN2O3/c1-6-21(24(30)27-15(2)3)28(13-18-7-9-19(26)10-8-18)22(29)14-31-20-11-16(4)23(25)17(5)12-20/h7-12,15,21H,6,13-14H2,1-5H3,(H,27,30)/t21-/m1/s1. The molecule has 0 aliphatic rings. The smallest absolute Gasteiger partial charge is 0.261 e. The predicted molar refractivity (Wildman–Crippen MR) is 128 cm³/mol. The molecule has 31 heavy (non-hydrogen) atoms. The maximum Gasteiger partial charge on any atom is 0.261 e. The first kappa shape index (κ1) is 25.2. The number of ether oxygens (including phenoxy) is 1. The minimum atomic E-state index is -0.595. The van der Waals surface area contributed by atoms with E-state index in [2.05, 4.69) is 21.2 Å². The summed E-state index contributed by atoms with van der Waals surface area (Å²) in [5, 5.41) is 3.54. The van der Waals surface area contributed by atoms with Crippen molar-refractivity contribution in [3.05, 3.63) is 62.6 Å². The van der Waals surface area contributed by atoms with Gasteiger partial charge in [0.1, 0.15) is 11.8 Å². The number of nitrogens with zero attached hydrogens (tertiary/aromatic N) is 1. The predicted octanol–water partition coefficient (Wildman–Crippen LogP) is 5.43. The number of aryl methyl sites for hydroxylation is 2. The average Bonchev–Trinajstić information content (AvgIpc) is 2.70. The molecule has 0 fully saturated rings. The van der Waals surface area contributed by atoms with E-state index in [1.165, 1.54) is 0 Å². The van der Waals surface area contributed by atoms with Crippen LogP contribution in [0.15, 0.2) is 40.9 Å². The number of hydrogen-bond donors (Lipinski definition) is 1. The van der Waals surface area contributed by atoms with E-state index < -0.39 is 6.04 Å². The first-order valence-corrected chi connectivity index (χ1v) is 11.5. The van der Waals surface area contributed by atoms with Crippen molar-refractivity contribution in [2.24, 2.45) is 0 Å². The number of rotatable bonds is 9. The van der Waals surface area contributed by atoms with E-state index in [1.54, 1.807) is 17.0 Å². The van der Waals surface area contributed by atoms with Crippen LogP contribution in [-0.4, -0.2) is 35.4 Å². The van der Waals surface area contributed by atoms with Gasteiger partial charge in [0.05, 0.1) is 0 Å². The maximum absolute atomic E-state index is 13.2. The average molecular weight is 510 g/mol. The molecule has 0 saturated carbocycles. The van der Waals surface area contributed by atoms with Crippen molar-refractivity contribution in [3.8, 4) is 5.75 Å². The van der Waals surface area contributed by atoms with Gasteiger partial charge in [-0.25, -0.2) is 0 Å². The van der Waals surface area contributed by atoms with Crippen LogP contribution in [0.5, 0.6) is 5.75 Å². The molecule has 0 aliphatic carbocycles. The SMILES string of the molecule is CC[C@H](C(=O)NC(C)C)N(Cc1ccc(Cl)cc1)C(=O)COc1cc(C)c(Br)c(C)c1. The van der Waals surface area contributed by atoms with Gasteiger partial charge < -0.3 is 15.0 Å². The van der Waals surface area contributed by atoms with Crippen molar-refractivity contribution >= 4 is 39.3 Å². The van der Waals surface area contributed by atoms with Gasteiger partial charge in [-0.3, -0.25) is 9.59 Å². The fraction of sp³-hybridized carbons (Fsp3) is 0.417. The summed E-state index contributed by atoms with van der Waals surface area (Å²) >= 11 is 9.53. The summed E-state index contributed by atoms with van der Waals surface area (Å²) in [5.41, 5.74) is 2.95. The molecule has 2 amide bonds. The largest absolute Gasteiger partial charge is 0.484 e. The Morgan fingerprint density at radius 3 is 2.23 bits per heavy atom. The molecule has 2 rings (SSSR count). The summed E-state index contributed by atoms with van der Waals surface area (Å²) in [7, 11) is 0. The zero-order valence-electron chi connectivity index (χ0n) is 18.7. The lowest BCUT2D eigenvalue weighted by molar-refractivity contribution is -0.143. The molecule has 168 valence electrons. The minimum Gasteiger partial charge on any atom is -0.484 e. The third kappa shape index (κ3) is 7.25. The van der Waals surface area contributed by atoms with Crippen molar-refractivity contribution in [2.75, 3.05) is 6.61 Å². The molecule has 0 radical (unpaired) electrons. The molecule has 0 bridgehead atoms. The number of benzene rings is 2. The van der Waals surface area contributed by atoms with Gasteiger partial charge in [-0.15, -0.1) is 0 Å². The molecule has 5 nitrogen and oxygen atoms in total. The second kappa shape index (κ2) is 11.5. The van der Waals surface area contributed by atoms with Crippen molar-refractivity contribution in [1.82, 2.24) is 10.2 Å². The van der Waals surface area contributed by atoms with Crippen molar-refractivity contribution in [2.45, 2.75) is 59.7 Å². The molecule has 2 aromatic carbocycles. The highest BCUT2D eigenvalue weighted by Crippen LogP contribution is 2.26. The van der Waals surface area contributed by atoms with Crippen LogP contribution in [-0.2, 0) is 16.1 Å². The molecular weight excluding hydrogens is 480 g/mol. The lowest BCUT2D eigenvalue weighted by Gasteiger charge is -2.31. The Morgan fingerprint density at radius 1 is 1.13 bits per heavy atom. The topological polar surface area (TPSA) is 58.6 Å². The monoisotopic (exact) mass is 508 g/mol. The van der Waals surface area contributed by atoms with Crippen LogP contribution in [0.2, 0.25) is 5.02 Å². The second-order valence-electron chi connectivity index (χ2n) is 7.90. The summed E-state index contributed by atoms with van der Waals surface area (Å²) < 4.78 is 6.83. The van der Waals surface area contributed by atoms with Gasteiger partial charge in [0.25, 0.3) is 5.91 Å². The minimum absolute atomic E-state index is 0.0148. The Morgan fingerprint density at radius 2 is 1.71 bits per heavy atom. The van der Waals surface area contributed by atoms with E-state index in [-0.39, 0.29) is 24.5 Å². The molecule has 0 heterocycles. The molecule has 0 unspecified atom stereocenters. The van der Waals surface area contributed by atoms with E-state index in [1.807, 2.05) is 58.9 Å². The molecule has 0 saturated heterocycles. The number of halogens is 2. The Hall–Kier alpha value is -2.05. The van der Waals surface area contributed by atoms with Crippen molar-refractivity contribution in [3.63, 3.8) is 0 Å². The van der Waals surface area contributed by atoms with E-state index in [0.717, 1.165) is 21.2 Å². The lowest BCUT2D eigenvalue weighted by atomic mass is 10.1. The second-order valence-corrected chi connectivity index (χ2v) is 9.12. The molecule has 1 N–H and O–H groups in total. The quantitative estimate of drug-likeness (QED) is 0.490. The van der Waals surface area contributed by atoms with Gasteiger partial charge in [-0.05, 0) is 75.1 Å². The third-order valence-electron chi connectivity index (χ3n) is 4.86. The highest BCUT2D eigenvalue weighted by Gasteiger charge is 2.29. The van der Waals surface area contributed by atoms with Crippen LogP contribution in [0.1, 0.15) is 43.9 Å². The molecular formula is C24H30BrClN2O3. The molecule has 0 aliphatic heterocycles. The Bertz CT molecular complexity index is 893. The van der Waals surface area contributed by atoms with Crippen molar-refractivity contribution in [1.29, 1.82) is 0 Å². The molecule has 7 heteroatoms. The van der Waals surface area contributed by atoms with Crippen LogP contribution in [0.25, 0.3) is 0 Å². The van der Waals surface area contributed by atoms with Gasteiger partial charge in [-0.2, -0.15) is 0 Å². The summed E-state index contributed by atoms with van der Waals surface area (Å²) in [5.74, 6) is 0.201. The summed E-state index contributed by atoms with van der Waals surface area (Å²) in [4.78, 5) is 27.6. The van der Waals surface area contributed by atoms with Gasteiger partial charge in [0.15, 0.2) is 6.61 Å². The summed E-state index contributed by atoms with van der Waals surface area (Å²) in [6, 6.07) is 10.4. The van der Waals surface area contributed by atoms with Gasteiger partial charge in [-0.1, -0.05) is 46.6 Å².